The Morgan fingerprint density at radius 3 is 2.44 bits per heavy atom. The maximum atomic E-state index is 13.6. The van der Waals surface area contributed by atoms with Crippen LogP contribution in [0, 0.1) is 29.3 Å². The van der Waals surface area contributed by atoms with Crippen LogP contribution >= 0.6 is 0 Å². The molecule has 27 heavy (non-hydrogen) atoms. The fraction of sp³-hybridized carbons (Fsp3) is 0.579. The molecular formula is C19H26F3N3O2. The monoisotopic (exact) mass is 385 g/mol. The van der Waals surface area contributed by atoms with E-state index in [1.807, 2.05) is 0 Å². The molecule has 0 radical (unpaired) electrons. The lowest BCUT2D eigenvalue weighted by atomic mass is 9.78. The molecule has 1 aromatic rings. The summed E-state index contributed by atoms with van der Waals surface area (Å²) in [4.78, 5) is 25.7. The van der Waals surface area contributed by atoms with E-state index in [1.165, 1.54) is 4.90 Å². The van der Waals surface area contributed by atoms with Gasteiger partial charge in [-0.1, -0.05) is 26.7 Å². The smallest absolute Gasteiger partial charge is 0.238 e. The summed E-state index contributed by atoms with van der Waals surface area (Å²) in [5, 5.41) is 5.19. The molecule has 0 aliphatic heterocycles. The number of hydrogen-bond donors (Lipinski definition) is 2. The van der Waals surface area contributed by atoms with E-state index in [9.17, 15) is 22.8 Å². The van der Waals surface area contributed by atoms with E-state index < -0.39 is 29.0 Å². The van der Waals surface area contributed by atoms with Crippen LogP contribution < -0.4 is 10.6 Å². The minimum absolute atomic E-state index is 0.00524. The van der Waals surface area contributed by atoms with Crippen molar-refractivity contribution in [3.05, 3.63) is 29.6 Å². The third-order valence-electron chi connectivity index (χ3n) is 5.19. The quantitative estimate of drug-likeness (QED) is 0.741. The molecule has 1 aliphatic carbocycles. The van der Waals surface area contributed by atoms with Crippen LogP contribution in [0.4, 0.5) is 18.9 Å². The van der Waals surface area contributed by atoms with Crippen molar-refractivity contribution in [3.8, 4) is 0 Å². The first-order valence-corrected chi connectivity index (χ1v) is 9.10. The highest BCUT2D eigenvalue weighted by Crippen LogP contribution is 2.29. The third kappa shape index (κ3) is 5.69. The molecule has 3 atom stereocenters. The largest absolute Gasteiger partial charge is 0.352 e. The molecule has 1 aromatic carbocycles. The first-order valence-electron chi connectivity index (χ1n) is 9.10. The van der Waals surface area contributed by atoms with Gasteiger partial charge in [0.05, 0.1) is 18.8 Å². The van der Waals surface area contributed by atoms with Gasteiger partial charge in [0.15, 0.2) is 17.5 Å². The van der Waals surface area contributed by atoms with E-state index in [-0.39, 0.29) is 25.0 Å². The Morgan fingerprint density at radius 1 is 1.07 bits per heavy atom. The molecule has 150 valence electrons. The molecule has 1 saturated carbocycles. The fourth-order valence-corrected chi connectivity index (χ4v) is 3.40. The van der Waals surface area contributed by atoms with Crippen LogP contribution in [0.1, 0.15) is 33.1 Å². The van der Waals surface area contributed by atoms with Crippen molar-refractivity contribution >= 4 is 17.5 Å². The standard InChI is InChI=1S/C19H26F3N3O2/c1-11-5-4-6-14(12(11)2)23-16(26)9-25(3)10-17(27)24-15-8-7-13(20)18(21)19(15)22/h7-8,11-12,14H,4-6,9-10H2,1-3H3,(H,23,26)(H,24,27)/t11-,12-,14+/m1/s1. The summed E-state index contributed by atoms with van der Waals surface area (Å²) in [5.74, 6) is -4.29. The van der Waals surface area contributed by atoms with Crippen molar-refractivity contribution in [2.24, 2.45) is 11.8 Å². The zero-order valence-corrected chi connectivity index (χ0v) is 15.8. The van der Waals surface area contributed by atoms with Gasteiger partial charge < -0.3 is 10.6 Å². The maximum Gasteiger partial charge on any atom is 0.238 e. The number of nitrogens with one attached hydrogen (secondary N) is 2. The van der Waals surface area contributed by atoms with Crippen LogP contribution in [0.5, 0.6) is 0 Å². The summed E-state index contributed by atoms with van der Waals surface area (Å²) in [7, 11) is 1.58. The highest BCUT2D eigenvalue weighted by atomic mass is 19.2. The predicted octanol–water partition coefficient (Wildman–Crippen LogP) is 2.92. The van der Waals surface area contributed by atoms with Gasteiger partial charge in [-0.15, -0.1) is 0 Å². The summed E-state index contributed by atoms with van der Waals surface area (Å²) in [6, 6.07) is 1.81. The van der Waals surface area contributed by atoms with Gasteiger partial charge in [-0.2, -0.15) is 0 Å². The van der Waals surface area contributed by atoms with Crippen molar-refractivity contribution in [1.82, 2.24) is 10.2 Å². The SMILES string of the molecule is C[C@@H]1[C@H](C)CCC[C@@H]1NC(=O)CN(C)CC(=O)Nc1ccc(F)c(F)c1F. The highest BCUT2D eigenvalue weighted by Gasteiger charge is 2.28. The number of nitrogens with zero attached hydrogens (tertiary/aromatic N) is 1. The number of halogens is 3. The molecule has 0 spiro atoms. The van der Waals surface area contributed by atoms with E-state index in [0.29, 0.717) is 11.8 Å². The molecular weight excluding hydrogens is 359 g/mol. The van der Waals surface area contributed by atoms with Crippen molar-refractivity contribution in [1.29, 1.82) is 0 Å². The van der Waals surface area contributed by atoms with Gasteiger partial charge in [0.1, 0.15) is 0 Å². The molecule has 2 rings (SSSR count). The molecule has 5 nitrogen and oxygen atoms in total. The van der Waals surface area contributed by atoms with E-state index in [0.717, 1.165) is 31.4 Å². The fourth-order valence-electron chi connectivity index (χ4n) is 3.40. The molecule has 1 fully saturated rings. The summed E-state index contributed by atoms with van der Waals surface area (Å²) in [6.07, 6.45) is 3.18. The molecule has 0 bridgehead atoms. The normalized spacial score (nSPS) is 22.6. The Labute approximate surface area is 157 Å². The van der Waals surface area contributed by atoms with Gasteiger partial charge in [0.25, 0.3) is 0 Å². The predicted molar refractivity (Wildman–Crippen MR) is 96.6 cm³/mol. The first-order chi connectivity index (χ1) is 12.7. The Kier molecular flexibility index (Phi) is 7.24. The molecule has 1 aliphatic rings. The van der Waals surface area contributed by atoms with Gasteiger partial charge in [0.2, 0.25) is 11.8 Å². The van der Waals surface area contributed by atoms with Crippen LogP contribution in [0.25, 0.3) is 0 Å². The molecule has 0 heterocycles. The summed E-state index contributed by atoms with van der Waals surface area (Å²) in [6.45, 7) is 4.12. The second kappa shape index (κ2) is 9.21. The second-order valence-electron chi connectivity index (χ2n) is 7.38. The number of likely N-dealkylation sites (N-methyl/N-ethyl adjacent to an activating group) is 1. The molecule has 2 N–H and O–H groups in total. The van der Waals surface area contributed by atoms with Crippen LogP contribution in [-0.2, 0) is 9.59 Å². The lowest BCUT2D eigenvalue weighted by Gasteiger charge is -2.34. The molecule has 0 unspecified atom stereocenters. The van der Waals surface area contributed by atoms with Gasteiger partial charge in [-0.3, -0.25) is 14.5 Å². The number of anilines is 1. The van der Waals surface area contributed by atoms with Gasteiger partial charge in [-0.25, -0.2) is 13.2 Å². The second-order valence-corrected chi connectivity index (χ2v) is 7.38. The zero-order valence-electron chi connectivity index (χ0n) is 15.8. The van der Waals surface area contributed by atoms with Crippen LogP contribution in [-0.4, -0.2) is 42.9 Å². The minimum atomic E-state index is -1.64. The van der Waals surface area contributed by atoms with E-state index in [1.54, 1.807) is 7.05 Å². The van der Waals surface area contributed by atoms with Gasteiger partial charge >= 0.3 is 0 Å². The number of hydrogen-bond acceptors (Lipinski definition) is 3. The minimum Gasteiger partial charge on any atom is -0.352 e. The number of rotatable bonds is 6. The molecule has 8 heteroatoms. The van der Waals surface area contributed by atoms with E-state index in [4.69, 9.17) is 0 Å². The maximum absolute atomic E-state index is 13.6. The van der Waals surface area contributed by atoms with Crippen molar-refractivity contribution in [2.45, 2.75) is 39.2 Å². The van der Waals surface area contributed by atoms with Crippen molar-refractivity contribution in [2.75, 3.05) is 25.5 Å². The van der Waals surface area contributed by atoms with Gasteiger partial charge in [-0.05, 0) is 37.4 Å². The first kappa shape index (κ1) is 21.2. The highest BCUT2D eigenvalue weighted by molar-refractivity contribution is 5.92. The van der Waals surface area contributed by atoms with Crippen LogP contribution in [0.15, 0.2) is 12.1 Å². The molecule has 2 amide bonds. The van der Waals surface area contributed by atoms with E-state index in [2.05, 4.69) is 24.5 Å². The van der Waals surface area contributed by atoms with Crippen LogP contribution in [0.3, 0.4) is 0 Å². The molecule has 0 aromatic heterocycles. The average Bonchev–Trinajstić information content (AvgIpc) is 2.59. The number of benzene rings is 1. The lowest BCUT2D eigenvalue weighted by molar-refractivity contribution is -0.124. The van der Waals surface area contributed by atoms with Crippen LogP contribution in [0.2, 0.25) is 0 Å². The number of carbonyl (C=O) groups excluding carboxylic acids is 2. The lowest BCUT2D eigenvalue weighted by Crippen LogP contribution is -2.47. The van der Waals surface area contributed by atoms with Crippen molar-refractivity contribution in [3.63, 3.8) is 0 Å². The Balaban J connectivity index is 1.82. The van der Waals surface area contributed by atoms with Gasteiger partial charge in [0, 0.05) is 6.04 Å². The summed E-state index contributed by atoms with van der Waals surface area (Å²) < 4.78 is 39.7. The third-order valence-corrected chi connectivity index (χ3v) is 5.19. The Morgan fingerprint density at radius 2 is 1.74 bits per heavy atom. The zero-order chi connectivity index (χ0) is 20.1. The number of carbonyl (C=O) groups is 2. The Hall–Kier alpha value is -2.09. The van der Waals surface area contributed by atoms with Crippen molar-refractivity contribution < 1.29 is 22.8 Å². The summed E-state index contributed by atoms with van der Waals surface area (Å²) in [5.41, 5.74) is -0.443. The molecule has 0 saturated heterocycles. The van der Waals surface area contributed by atoms with E-state index >= 15 is 0 Å². The Bertz CT molecular complexity index is 699. The topological polar surface area (TPSA) is 61.4 Å². The average molecular weight is 385 g/mol. The summed E-state index contributed by atoms with van der Waals surface area (Å²) >= 11 is 0. The number of amides is 2.